The number of amides is 2. The van der Waals surface area contributed by atoms with E-state index in [2.05, 4.69) is 0 Å². The molecule has 34 heavy (non-hydrogen) atoms. The number of methoxy groups -OCH3 is 2. The molecular weight excluding hydrogens is 476 g/mol. The van der Waals surface area contributed by atoms with Crippen LogP contribution in [0.2, 0.25) is 0 Å². The predicted octanol–water partition coefficient (Wildman–Crippen LogP) is 4.54. The first-order valence-corrected chi connectivity index (χ1v) is 12.8. The Hall–Kier alpha value is -3.50. The molecule has 0 saturated heterocycles. The van der Waals surface area contributed by atoms with Gasteiger partial charge in [0.2, 0.25) is 0 Å². The summed E-state index contributed by atoms with van der Waals surface area (Å²) in [6.45, 7) is -0.0297. The maximum absolute atomic E-state index is 13.7. The number of ether oxygens (including phenoxy) is 2. The molecule has 3 aromatic rings. The zero-order valence-corrected chi connectivity index (χ0v) is 20.4. The maximum Gasteiger partial charge on any atom is 0.343 e. The second kappa shape index (κ2) is 9.40. The highest BCUT2D eigenvalue weighted by molar-refractivity contribution is 7.98. The van der Waals surface area contributed by atoms with E-state index in [1.165, 1.54) is 36.9 Å². The third kappa shape index (κ3) is 4.10. The summed E-state index contributed by atoms with van der Waals surface area (Å²) in [4.78, 5) is 28.0. The summed E-state index contributed by atoms with van der Waals surface area (Å²) in [6, 6.07) is 17.1. The molecule has 0 aliphatic carbocycles. The van der Waals surface area contributed by atoms with Crippen molar-refractivity contribution in [3.05, 3.63) is 77.9 Å². The minimum atomic E-state index is -4.15. The first-order chi connectivity index (χ1) is 16.3. The van der Waals surface area contributed by atoms with Gasteiger partial charge in [0.1, 0.15) is 10.6 Å². The third-order valence-corrected chi connectivity index (χ3v) is 7.87. The fourth-order valence-corrected chi connectivity index (χ4v) is 5.81. The molecule has 0 unspecified atom stereocenters. The molecule has 0 atom stereocenters. The van der Waals surface area contributed by atoms with Crippen LogP contribution in [0.25, 0.3) is 0 Å². The minimum Gasteiger partial charge on any atom is -0.496 e. The smallest absolute Gasteiger partial charge is 0.343 e. The predicted molar refractivity (Wildman–Crippen MR) is 130 cm³/mol. The van der Waals surface area contributed by atoms with Gasteiger partial charge in [-0.1, -0.05) is 18.2 Å². The third-order valence-electron chi connectivity index (χ3n) is 5.40. The molecule has 0 spiro atoms. The van der Waals surface area contributed by atoms with Gasteiger partial charge in [0.05, 0.1) is 37.7 Å². The van der Waals surface area contributed by atoms with Gasteiger partial charge in [-0.15, -0.1) is 11.8 Å². The Morgan fingerprint density at radius 2 is 1.76 bits per heavy atom. The molecule has 0 N–H and O–H groups in total. The van der Waals surface area contributed by atoms with Gasteiger partial charge in [0.25, 0.3) is 10.0 Å². The van der Waals surface area contributed by atoms with Crippen LogP contribution < -0.4 is 13.9 Å². The van der Waals surface area contributed by atoms with Crippen molar-refractivity contribution < 1.29 is 27.5 Å². The highest BCUT2D eigenvalue weighted by Crippen LogP contribution is 2.39. The van der Waals surface area contributed by atoms with Gasteiger partial charge in [-0.2, -0.15) is 4.31 Å². The average molecular weight is 499 g/mol. The monoisotopic (exact) mass is 498 g/mol. The number of nitrogens with zero attached hydrogens (tertiary/aromatic N) is 2. The fourth-order valence-electron chi connectivity index (χ4n) is 3.77. The van der Waals surface area contributed by atoms with Crippen molar-refractivity contribution in [3.8, 4) is 5.75 Å². The van der Waals surface area contributed by atoms with Crippen molar-refractivity contribution >= 4 is 45.2 Å². The van der Waals surface area contributed by atoms with Crippen LogP contribution in [0.3, 0.4) is 0 Å². The molecule has 1 aliphatic rings. The van der Waals surface area contributed by atoms with Crippen LogP contribution in [0.4, 0.5) is 16.2 Å². The second-order valence-corrected chi connectivity index (χ2v) is 9.96. The van der Waals surface area contributed by atoms with Crippen molar-refractivity contribution in [3.63, 3.8) is 0 Å². The quantitative estimate of drug-likeness (QED) is 0.364. The number of sulfonamides is 1. The number of rotatable bonds is 6. The normalized spacial score (nSPS) is 14.5. The SMILES string of the molecule is COC(=O)c1ccc(OC)c(CN2C(=O)N(c3cccc(SC)c3)S(=O)(=O)c3ccccc32)c1. The topological polar surface area (TPSA) is 93.2 Å². The molecule has 0 aromatic heterocycles. The van der Waals surface area contributed by atoms with E-state index in [4.69, 9.17) is 9.47 Å². The number of carbonyl (C=O) groups is 2. The average Bonchev–Trinajstić information content (AvgIpc) is 2.86. The first-order valence-electron chi connectivity index (χ1n) is 10.2. The molecule has 0 fully saturated rings. The van der Waals surface area contributed by atoms with Crippen LogP contribution >= 0.6 is 11.8 Å². The number of carbonyl (C=O) groups excluding carboxylic acids is 2. The summed E-state index contributed by atoms with van der Waals surface area (Å²) in [5.74, 6) is -0.0883. The van der Waals surface area contributed by atoms with Crippen molar-refractivity contribution in [1.82, 2.24) is 0 Å². The number of esters is 1. The van der Waals surface area contributed by atoms with E-state index in [-0.39, 0.29) is 28.4 Å². The number of hydrogen-bond donors (Lipinski definition) is 0. The molecule has 1 aliphatic heterocycles. The highest BCUT2D eigenvalue weighted by Gasteiger charge is 2.42. The highest BCUT2D eigenvalue weighted by atomic mass is 32.2. The van der Waals surface area contributed by atoms with Crippen LogP contribution in [0, 0.1) is 0 Å². The lowest BCUT2D eigenvalue weighted by atomic mass is 10.1. The summed E-state index contributed by atoms with van der Waals surface area (Å²) < 4.78 is 38.1. The largest absolute Gasteiger partial charge is 0.496 e. The summed E-state index contributed by atoms with van der Waals surface area (Å²) in [6.07, 6.45) is 1.87. The number of thioether (sulfide) groups is 1. The van der Waals surface area contributed by atoms with Gasteiger partial charge in [-0.05, 0) is 54.8 Å². The van der Waals surface area contributed by atoms with E-state index in [0.717, 1.165) is 9.20 Å². The summed E-state index contributed by atoms with van der Waals surface area (Å²) in [5.41, 5.74) is 1.29. The molecule has 8 nitrogen and oxygen atoms in total. The molecule has 2 amide bonds. The van der Waals surface area contributed by atoms with Crippen LogP contribution in [0.15, 0.2) is 76.5 Å². The molecule has 1 heterocycles. The summed E-state index contributed by atoms with van der Waals surface area (Å²) >= 11 is 1.44. The van der Waals surface area contributed by atoms with E-state index in [1.54, 1.807) is 54.6 Å². The van der Waals surface area contributed by atoms with E-state index in [0.29, 0.717) is 11.3 Å². The van der Waals surface area contributed by atoms with Gasteiger partial charge in [-0.3, -0.25) is 4.90 Å². The van der Waals surface area contributed by atoms with Gasteiger partial charge in [0, 0.05) is 10.5 Å². The molecule has 0 bridgehead atoms. The van der Waals surface area contributed by atoms with Crippen LogP contribution in [0.5, 0.6) is 5.75 Å². The second-order valence-electron chi connectivity index (χ2n) is 7.33. The molecule has 0 saturated carbocycles. The first kappa shape index (κ1) is 23.7. The Labute approximate surface area is 202 Å². The number of fused-ring (bicyclic) bond motifs is 1. The number of para-hydroxylation sites is 1. The molecule has 3 aromatic carbocycles. The Morgan fingerprint density at radius 1 is 1.00 bits per heavy atom. The van der Waals surface area contributed by atoms with Crippen molar-refractivity contribution in [2.45, 2.75) is 16.3 Å². The number of urea groups is 1. The van der Waals surface area contributed by atoms with E-state index in [1.807, 2.05) is 12.3 Å². The van der Waals surface area contributed by atoms with Gasteiger partial charge >= 0.3 is 12.0 Å². The van der Waals surface area contributed by atoms with Crippen molar-refractivity contribution in [2.75, 3.05) is 29.7 Å². The van der Waals surface area contributed by atoms with Crippen molar-refractivity contribution in [1.29, 1.82) is 0 Å². The van der Waals surface area contributed by atoms with Gasteiger partial charge < -0.3 is 9.47 Å². The lowest BCUT2D eigenvalue weighted by molar-refractivity contribution is 0.0600. The molecule has 10 heteroatoms. The molecular formula is C24H22N2O6S2. The Bertz CT molecular complexity index is 1370. The molecule has 176 valence electrons. The lowest BCUT2D eigenvalue weighted by Crippen LogP contribution is -2.50. The van der Waals surface area contributed by atoms with Gasteiger partial charge in [0.15, 0.2) is 0 Å². The Kier molecular flexibility index (Phi) is 6.54. The standard InChI is InChI=1S/C24H22N2O6S2/c1-31-21-12-11-16(23(27)32-2)13-17(21)15-25-20-9-4-5-10-22(20)34(29,30)26(24(25)28)18-7-6-8-19(14-18)33-3/h4-14H,15H2,1-3H3. The van der Waals surface area contributed by atoms with Crippen LogP contribution in [-0.4, -0.2) is 40.9 Å². The fraction of sp³-hybridized carbons (Fsp3) is 0.167. The zero-order chi connectivity index (χ0) is 24.5. The Balaban J connectivity index is 1.86. The Morgan fingerprint density at radius 3 is 2.47 bits per heavy atom. The van der Waals surface area contributed by atoms with E-state index < -0.39 is 22.0 Å². The van der Waals surface area contributed by atoms with Crippen molar-refractivity contribution in [2.24, 2.45) is 0 Å². The van der Waals surface area contributed by atoms with Crippen LogP contribution in [-0.2, 0) is 21.3 Å². The summed E-state index contributed by atoms with van der Waals surface area (Å²) in [7, 11) is -1.39. The van der Waals surface area contributed by atoms with Crippen LogP contribution in [0.1, 0.15) is 15.9 Å². The summed E-state index contributed by atoms with van der Waals surface area (Å²) in [5, 5.41) is 0. The molecule has 4 rings (SSSR count). The molecule has 0 radical (unpaired) electrons. The number of anilines is 2. The van der Waals surface area contributed by atoms with E-state index >= 15 is 0 Å². The van der Waals surface area contributed by atoms with E-state index in [9.17, 15) is 18.0 Å². The number of benzene rings is 3. The number of hydrogen-bond acceptors (Lipinski definition) is 7. The maximum atomic E-state index is 13.7. The van der Waals surface area contributed by atoms with Gasteiger partial charge in [-0.25, -0.2) is 18.0 Å². The minimum absolute atomic E-state index is 0.00671. The lowest BCUT2D eigenvalue weighted by Gasteiger charge is -2.36. The zero-order valence-electron chi connectivity index (χ0n) is 18.7.